The van der Waals surface area contributed by atoms with E-state index in [1.54, 1.807) is 0 Å². The Bertz CT molecular complexity index is 2510. The molecule has 8 aromatic rings. The fourth-order valence-corrected chi connectivity index (χ4v) is 6.61. The first-order valence-electron chi connectivity index (χ1n) is 15.6. The summed E-state index contributed by atoms with van der Waals surface area (Å²) in [5, 5.41) is 8.96. The van der Waals surface area contributed by atoms with Crippen LogP contribution in [0.3, 0.4) is 0 Å². The standard InChI is InChI=1S/C42H28N4/c1-2-7-28(8-3-1)36-21-19-30-17-18-31-20-22-37(45-42(31)41(30)44-36)29-15-13-27(14-16-29)33-10-6-11-35-39(33)34-9-4-5-12-38(34)46-40(35)32-23-25-43-26-24-32/h1-25,43H,26H2. The topological polar surface area (TPSA) is 50.7 Å². The summed E-state index contributed by atoms with van der Waals surface area (Å²) in [6.45, 7) is 0.797. The van der Waals surface area contributed by atoms with E-state index in [9.17, 15) is 0 Å². The Balaban J connectivity index is 1.16. The van der Waals surface area contributed by atoms with Crippen molar-refractivity contribution in [3.8, 4) is 33.6 Å². The number of fused-ring (bicyclic) bond motifs is 6. The van der Waals surface area contributed by atoms with E-state index in [0.717, 1.165) is 84.0 Å². The summed E-state index contributed by atoms with van der Waals surface area (Å²) in [5.41, 5.74) is 11.4. The van der Waals surface area contributed by atoms with Gasteiger partial charge in [0, 0.05) is 44.6 Å². The molecule has 0 atom stereocenters. The lowest BCUT2D eigenvalue weighted by Gasteiger charge is -2.16. The van der Waals surface area contributed by atoms with Gasteiger partial charge in [-0.1, -0.05) is 121 Å². The van der Waals surface area contributed by atoms with E-state index in [4.69, 9.17) is 15.0 Å². The second-order valence-corrected chi connectivity index (χ2v) is 11.7. The summed E-state index contributed by atoms with van der Waals surface area (Å²) >= 11 is 0. The fraction of sp³-hybridized carbons (Fsp3) is 0.0238. The van der Waals surface area contributed by atoms with Crippen LogP contribution in [-0.4, -0.2) is 21.5 Å². The number of nitrogens with zero attached hydrogens (tertiary/aromatic N) is 3. The van der Waals surface area contributed by atoms with Gasteiger partial charge in [0.25, 0.3) is 0 Å². The second-order valence-electron chi connectivity index (χ2n) is 11.7. The molecule has 0 saturated carbocycles. The van der Waals surface area contributed by atoms with E-state index >= 15 is 0 Å². The quantitative estimate of drug-likeness (QED) is 0.208. The highest BCUT2D eigenvalue weighted by Gasteiger charge is 2.16. The monoisotopic (exact) mass is 588 g/mol. The molecule has 0 fully saturated rings. The number of allylic oxidation sites excluding steroid dienone is 2. The van der Waals surface area contributed by atoms with Crippen LogP contribution in [-0.2, 0) is 0 Å². The van der Waals surface area contributed by atoms with Crippen LogP contribution >= 0.6 is 0 Å². The number of benzene rings is 5. The fourth-order valence-electron chi connectivity index (χ4n) is 6.61. The van der Waals surface area contributed by atoms with Gasteiger partial charge in [-0.25, -0.2) is 15.0 Å². The predicted molar refractivity (Wildman–Crippen MR) is 191 cm³/mol. The lowest BCUT2D eigenvalue weighted by atomic mass is 9.92. The summed E-state index contributed by atoms with van der Waals surface area (Å²) in [6.07, 6.45) is 6.32. The minimum atomic E-state index is 0.797. The predicted octanol–water partition coefficient (Wildman–Crippen LogP) is 9.99. The van der Waals surface area contributed by atoms with E-state index in [2.05, 4.69) is 133 Å². The number of hydrogen-bond donors (Lipinski definition) is 1. The Labute approximate surface area is 266 Å². The van der Waals surface area contributed by atoms with Gasteiger partial charge in [0.05, 0.1) is 33.6 Å². The van der Waals surface area contributed by atoms with Crippen LogP contribution in [0, 0.1) is 0 Å². The van der Waals surface area contributed by atoms with Crippen molar-refractivity contribution < 1.29 is 0 Å². The van der Waals surface area contributed by atoms with Crippen molar-refractivity contribution in [3.63, 3.8) is 0 Å². The number of para-hydroxylation sites is 1. The van der Waals surface area contributed by atoms with Crippen molar-refractivity contribution in [1.82, 2.24) is 20.3 Å². The molecule has 0 aliphatic carbocycles. The van der Waals surface area contributed by atoms with Crippen LogP contribution in [0.1, 0.15) is 5.69 Å². The highest BCUT2D eigenvalue weighted by molar-refractivity contribution is 6.16. The molecule has 4 heterocycles. The van der Waals surface area contributed by atoms with Gasteiger partial charge in [0.2, 0.25) is 0 Å². The van der Waals surface area contributed by atoms with Gasteiger partial charge in [-0.2, -0.15) is 0 Å². The zero-order valence-electron chi connectivity index (χ0n) is 25.0. The lowest BCUT2D eigenvalue weighted by Crippen LogP contribution is -2.09. The molecule has 1 N–H and O–H groups in total. The van der Waals surface area contributed by atoms with E-state index in [-0.39, 0.29) is 0 Å². The third-order valence-electron chi connectivity index (χ3n) is 8.90. The van der Waals surface area contributed by atoms with Crippen molar-refractivity contribution in [2.45, 2.75) is 0 Å². The summed E-state index contributed by atoms with van der Waals surface area (Å²) < 4.78 is 0. The van der Waals surface area contributed by atoms with Crippen LogP contribution in [0.5, 0.6) is 0 Å². The lowest BCUT2D eigenvalue weighted by molar-refractivity contribution is 0.975. The first kappa shape index (κ1) is 26.3. The van der Waals surface area contributed by atoms with Crippen molar-refractivity contribution >= 4 is 49.1 Å². The summed E-state index contributed by atoms with van der Waals surface area (Å²) in [5.74, 6) is 0. The van der Waals surface area contributed by atoms with Crippen molar-refractivity contribution in [2.24, 2.45) is 0 Å². The van der Waals surface area contributed by atoms with Gasteiger partial charge in [-0.15, -0.1) is 0 Å². The van der Waals surface area contributed by atoms with E-state index in [1.165, 1.54) is 10.9 Å². The van der Waals surface area contributed by atoms with Crippen LogP contribution in [0.4, 0.5) is 0 Å². The number of nitrogens with one attached hydrogen (secondary N) is 1. The van der Waals surface area contributed by atoms with E-state index < -0.39 is 0 Å². The van der Waals surface area contributed by atoms with Gasteiger partial charge < -0.3 is 5.32 Å². The molecule has 4 heteroatoms. The van der Waals surface area contributed by atoms with Crippen molar-refractivity contribution in [2.75, 3.05) is 6.54 Å². The summed E-state index contributed by atoms with van der Waals surface area (Å²) in [4.78, 5) is 15.4. The Kier molecular flexibility index (Phi) is 6.17. The molecule has 5 aromatic carbocycles. The number of aromatic nitrogens is 3. The van der Waals surface area contributed by atoms with Gasteiger partial charge in [0.15, 0.2) is 0 Å². The summed E-state index contributed by atoms with van der Waals surface area (Å²) in [6, 6.07) is 46.8. The Morgan fingerprint density at radius 1 is 0.500 bits per heavy atom. The number of rotatable bonds is 4. The number of dihydropyridines is 1. The highest BCUT2D eigenvalue weighted by atomic mass is 14.8. The molecular weight excluding hydrogens is 560 g/mol. The zero-order chi connectivity index (χ0) is 30.5. The minimum Gasteiger partial charge on any atom is -0.387 e. The summed E-state index contributed by atoms with van der Waals surface area (Å²) in [7, 11) is 0. The Hall–Kier alpha value is -6.13. The molecule has 0 radical (unpaired) electrons. The normalized spacial score (nSPS) is 12.9. The molecule has 9 rings (SSSR count). The maximum Gasteiger partial charge on any atom is 0.0972 e. The largest absolute Gasteiger partial charge is 0.387 e. The molecule has 0 saturated heterocycles. The van der Waals surface area contributed by atoms with Gasteiger partial charge in [-0.05, 0) is 47.2 Å². The van der Waals surface area contributed by atoms with E-state index in [0.29, 0.717) is 0 Å². The van der Waals surface area contributed by atoms with Crippen LogP contribution in [0.2, 0.25) is 0 Å². The Morgan fingerprint density at radius 3 is 1.85 bits per heavy atom. The van der Waals surface area contributed by atoms with Crippen molar-refractivity contribution in [3.05, 3.63) is 158 Å². The molecule has 1 aliphatic rings. The number of pyridine rings is 3. The van der Waals surface area contributed by atoms with Crippen LogP contribution in [0.25, 0.3) is 82.7 Å². The third-order valence-corrected chi connectivity index (χ3v) is 8.90. The molecule has 0 amide bonds. The van der Waals surface area contributed by atoms with Gasteiger partial charge >= 0.3 is 0 Å². The first-order valence-corrected chi connectivity index (χ1v) is 15.6. The molecule has 4 nitrogen and oxygen atoms in total. The third kappa shape index (κ3) is 4.42. The molecule has 46 heavy (non-hydrogen) atoms. The Morgan fingerprint density at radius 2 is 1.13 bits per heavy atom. The van der Waals surface area contributed by atoms with Crippen LogP contribution in [0.15, 0.2) is 152 Å². The molecule has 0 bridgehead atoms. The molecule has 3 aromatic heterocycles. The highest BCUT2D eigenvalue weighted by Crippen LogP contribution is 2.38. The van der Waals surface area contributed by atoms with Crippen LogP contribution < -0.4 is 5.32 Å². The SMILES string of the molecule is C1=CC(c2nc3ccccc3c3c(-c4ccc(-c5ccc6ccc7ccc(-c8ccccc8)nc7c6n5)cc4)cccc23)=CCN1. The number of hydrogen-bond acceptors (Lipinski definition) is 4. The van der Waals surface area contributed by atoms with Gasteiger partial charge in [0.1, 0.15) is 0 Å². The molecule has 1 aliphatic heterocycles. The van der Waals surface area contributed by atoms with E-state index in [1.807, 2.05) is 24.4 Å². The smallest absolute Gasteiger partial charge is 0.0972 e. The average molecular weight is 589 g/mol. The minimum absolute atomic E-state index is 0.797. The first-order chi connectivity index (χ1) is 22.8. The molecule has 0 unspecified atom stereocenters. The zero-order valence-corrected chi connectivity index (χ0v) is 25.0. The van der Waals surface area contributed by atoms with Crippen molar-refractivity contribution in [1.29, 1.82) is 0 Å². The van der Waals surface area contributed by atoms with Gasteiger partial charge in [-0.3, -0.25) is 0 Å². The second kappa shape index (κ2) is 10.8. The molecular formula is C42H28N4. The average Bonchev–Trinajstić information content (AvgIpc) is 3.14. The molecule has 0 spiro atoms. The maximum atomic E-state index is 5.18. The maximum absolute atomic E-state index is 5.18. The molecule has 216 valence electrons.